The maximum absolute atomic E-state index is 12.3. The Hall–Kier alpha value is -2.88. The Morgan fingerprint density at radius 1 is 0.966 bits per heavy atom. The average molecular weight is 435 g/mol. The summed E-state index contributed by atoms with van der Waals surface area (Å²) in [6.45, 7) is 3.55. The van der Waals surface area contributed by atoms with Crippen LogP contribution in [0.1, 0.15) is 13.8 Å². The van der Waals surface area contributed by atoms with E-state index in [1.807, 2.05) is 0 Å². The summed E-state index contributed by atoms with van der Waals surface area (Å²) < 4.78 is 27.2. The molecule has 3 aromatic rings. The number of nitrogens with two attached hydrogens (primary N) is 2. The quantitative estimate of drug-likeness (QED) is 0.483. The van der Waals surface area contributed by atoms with Gasteiger partial charge in [0, 0.05) is 35.2 Å². The number of hydrogen-bond acceptors (Lipinski definition) is 7. The van der Waals surface area contributed by atoms with Crippen LogP contribution >= 0.6 is 11.6 Å². The summed E-state index contributed by atoms with van der Waals surface area (Å²) in [5.41, 5.74) is 12.0. The summed E-state index contributed by atoms with van der Waals surface area (Å²) in [4.78, 5) is 7.82. The number of halogens is 1. The third-order valence-corrected chi connectivity index (χ3v) is 5.32. The number of para-hydroxylation sites is 1. The maximum atomic E-state index is 12.3. The van der Waals surface area contributed by atoms with Gasteiger partial charge in [-0.2, -0.15) is 0 Å². The van der Waals surface area contributed by atoms with Gasteiger partial charge in [0.15, 0.2) is 0 Å². The molecule has 29 heavy (non-hydrogen) atoms. The zero-order chi connectivity index (χ0) is 21.4. The molecule has 1 aromatic carbocycles. The second-order valence-corrected chi connectivity index (χ2v) is 8.38. The smallest absolute Gasteiger partial charge is 0.242 e. The number of rotatable bonds is 5. The van der Waals surface area contributed by atoms with Crippen LogP contribution in [-0.4, -0.2) is 24.4 Å². The van der Waals surface area contributed by atoms with Crippen molar-refractivity contribution in [2.24, 2.45) is 0 Å². The van der Waals surface area contributed by atoms with E-state index in [-0.39, 0.29) is 10.9 Å². The Morgan fingerprint density at radius 2 is 1.59 bits per heavy atom. The van der Waals surface area contributed by atoms with Crippen LogP contribution in [0.3, 0.4) is 0 Å². The molecule has 0 aliphatic carbocycles. The Labute approximate surface area is 175 Å². The van der Waals surface area contributed by atoms with Crippen LogP contribution < -0.4 is 21.5 Å². The van der Waals surface area contributed by atoms with Crippen LogP contribution in [-0.2, 0) is 10.0 Å². The van der Waals surface area contributed by atoms with Crippen molar-refractivity contribution >= 4 is 44.6 Å². The number of nitrogens with zero attached hydrogens (tertiary/aromatic N) is 2. The minimum absolute atomic E-state index is 0.181. The molecule has 0 spiro atoms. The fourth-order valence-corrected chi connectivity index (χ4v) is 3.86. The molecule has 3 rings (SSSR count). The van der Waals surface area contributed by atoms with E-state index in [1.165, 1.54) is 0 Å². The first kappa shape index (κ1) is 22.4. The molecule has 0 unspecified atom stereocenters. The van der Waals surface area contributed by atoms with Gasteiger partial charge in [-0.3, -0.25) is 0 Å². The van der Waals surface area contributed by atoms with E-state index in [2.05, 4.69) is 20.0 Å². The average Bonchev–Trinajstić information content (AvgIpc) is 2.61. The minimum atomic E-state index is -3.58. The Kier molecular flexibility index (Phi) is 7.77. The van der Waals surface area contributed by atoms with E-state index >= 15 is 0 Å². The molecule has 0 radical (unpaired) electrons. The molecule has 0 bridgehead atoms. The van der Waals surface area contributed by atoms with Gasteiger partial charge in [0.05, 0.1) is 5.69 Å². The second kappa shape index (κ2) is 10.1. The molecule has 0 atom stereocenters. The van der Waals surface area contributed by atoms with Crippen molar-refractivity contribution in [1.29, 1.82) is 0 Å². The lowest BCUT2D eigenvalue weighted by Crippen LogP contribution is -2.30. The van der Waals surface area contributed by atoms with Gasteiger partial charge in [0.2, 0.25) is 10.0 Å². The molecule has 0 aliphatic heterocycles. The van der Waals surface area contributed by atoms with E-state index in [0.717, 1.165) is 0 Å². The SMILES string of the molecule is CC(C)NS(=O)(=O)c1ccccc1Nc1ccnc(N)c1.Nc1cc(Cl)ccn1. The van der Waals surface area contributed by atoms with Crippen LogP contribution in [0.2, 0.25) is 5.02 Å². The lowest BCUT2D eigenvalue weighted by Gasteiger charge is -2.14. The highest BCUT2D eigenvalue weighted by Crippen LogP contribution is 2.25. The molecule has 8 nitrogen and oxygen atoms in total. The normalized spacial score (nSPS) is 10.9. The predicted molar refractivity (Wildman–Crippen MR) is 117 cm³/mol. The molecule has 0 saturated carbocycles. The van der Waals surface area contributed by atoms with Crippen LogP contribution in [0.25, 0.3) is 0 Å². The molecule has 0 amide bonds. The van der Waals surface area contributed by atoms with Gasteiger partial charge in [-0.15, -0.1) is 0 Å². The summed E-state index contributed by atoms with van der Waals surface area (Å²) in [7, 11) is -3.58. The maximum Gasteiger partial charge on any atom is 0.242 e. The number of nitrogen functional groups attached to an aromatic ring is 2. The third-order valence-electron chi connectivity index (χ3n) is 3.37. The van der Waals surface area contributed by atoms with Gasteiger partial charge in [-0.1, -0.05) is 23.7 Å². The molecule has 2 heterocycles. The molecular weight excluding hydrogens is 412 g/mol. The summed E-state index contributed by atoms with van der Waals surface area (Å²) in [5, 5.41) is 3.68. The Balaban J connectivity index is 0.000000313. The highest BCUT2D eigenvalue weighted by molar-refractivity contribution is 7.89. The first-order valence-corrected chi connectivity index (χ1v) is 10.5. The van der Waals surface area contributed by atoms with Crippen molar-refractivity contribution < 1.29 is 8.42 Å². The zero-order valence-electron chi connectivity index (χ0n) is 16.0. The van der Waals surface area contributed by atoms with E-state index in [4.69, 9.17) is 23.1 Å². The third kappa shape index (κ3) is 7.22. The number of aromatic nitrogens is 2. The fraction of sp³-hybridized carbons (Fsp3) is 0.158. The van der Waals surface area contributed by atoms with Gasteiger partial charge < -0.3 is 16.8 Å². The molecular formula is C19H23ClN6O2S. The number of hydrogen-bond donors (Lipinski definition) is 4. The van der Waals surface area contributed by atoms with Crippen LogP contribution in [0.15, 0.2) is 65.8 Å². The highest BCUT2D eigenvalue weighted by Gasteiger charge is 2.19. The van der Waals surface area contributed by atoms with E-state index in [9.17, 15) is 8.42 Å². The number of sulfonamides is 1. The fourth-order valence-electron chi connectivity index (χ4n) is 2.28. The monoisotopic (exact) mass is 434 g/mol. The topological polar surface area (TPSA) is 136 Å². The van der Waals surface area contributed by atoms with E-state index < -0.39 is 10.0 Å². The molecule has 6 N–H and O–H groups in total. The summed E-state index contributed by atoms with van der Waals surface area (Å²) in [5.74, 6) is 0.818. The standard InChI is InChI=1S/C14H18N4O2S.C5H5ClN2/c1-10(2)18-21(19,20)13-6-4-3-5-12(13)17-11-7-8-16-14(15)9-11;6-4-1-2-8-5(7)3-4/h3-10,18H,1-2H3,(H3,15,16,17);1-3H,(H2,7,8). The summed E-state index contributed by atoms with van der Waals surface area (Å²) in [6.07, 6.45) is 3.12. The van der Waals surface area contributed by atoms with Gasteiger partial charge >= 0.3 is 0 Å². The molecule has 10 heteroatoms. The molecule has 2 aromatic heterocycles. The van der Waals surface area contributed by atoms with Crippen molar-refractivity contribution in [2.45, 2.75) is 24.8 Å². The zero-order valence-corrected chi connectivity index (χ0v) is 17.6. The molecule has 0 saturated heterocycles. The molecule has 0 aliphatic rings. The van der Waals surface area contributed by atoms with Crippen molar-refractivity contribution in [3.63, 3.8) is 0 Å². The van der Waals surface area contributed by atoms with Crippen LogP contribution in [0, 0.1) is 0 Å². The van der Waals surface area contributed by atoms with Crippen LogP contribution in [0.5, 0.6) is 0 Å². The Morgan fingerprint density at radius 3 is 2.14 bits per heavy atom. The first-order valence-electron chi connectivity index (χ1n) is 8.64. The van der Waals surface area contributed by atoms with E-state index in [1.54, 1.807) is 74.8 Å². The van der Waals surface area contributed by atoms with Crippen molar-refractivity contribution in [3.8, 4) is 0 Å². The van der Waals surface area contributed by atoms with Gasteiger partial charge in [0.25, 0.3) is 0 Å². The number of benzene rings is 1. The van der Waals surface area contributed by atoms with Crippen molar-refractivity contribution in [3.05, 3.63) is 65.9 Å². The van der Waals surface area contributed by atoms with Crippen molar-refractivity contribution in [1.82, 2.24) is 14.7 Å². The van der Waals surface area contributed by atoms with Crippen molar-refractivity contribution in [2.75, 3.05) is 16.8 Å². The number of pyridine rings is 2. The molecule has 154 valence electrons. The van der Waals surface area contributed by atoms with Gasteiger partial charge in [0.1, 0.15) is 16.5 Å². The molecule has 0 fully saturated rings. The van der Waals surface area contributed by atoms with Crippen LogP contribution in [0.4, 0.5) is 23.0 Å². The summed E-state index contributed by atoms with van der Waals surface area (Å²) >= 11 is 5.52. The van der Waals surface area contributed by atoms with E-state index in [0.29, 0.717) is 28.0 Å². The van der Waals surface area contributed by atoms with Gasteiger partial charge in [-0.25, -0.2) is 23.1 Å². The Bertz CT molecular complexity index is 1040. The second-order valence-electron chi connectivity index (χ2n) is 6.27. The largest absolute Gasteiger partial charge is 0.384 e. The highest BCUT2D eigenvalue weighted by atomic mass is 35.5. The predicted octanol–water partition coefficient (Wildman–Crippen LogP) is 3.41. The minimum Gasteiger partial charge on any atom is -0.384 e. The number of nitrogens with one attached hydrogen (secondary N) is 2. The lowest BCUT2D eigenvalue weighted by molar-refractivity contribution is 0.570. The number of anilines is 4. The lowest BCUT2D eigenvalue weighted by atomic mass is 10.3. The van der Waals surface area contributed by atoms with Gasteiger partial charge in [-0.05, 0) is 44.2 Å². The first-order chi connectivity index (χ1) is 13.7. The summed E-state index contributed by atoms with van der Waals surface area (Å²) in [6, 6.07) is 13.2.